The summed E-state index contributed by atoms with van der Waals surface area (Å²) in [6.45, 7) is 6.58. The van der Waals surface area contributed by atoms with Gasteiger partial charge in [0.05, 0.1) is 13.7 Å². The summed E-state index contributed by atoms with van der Waals surface area (Å²) < 4.78 is 5.35. The number of benzene rings is 1. The summed E-state index contributed by atoms with van der Waals surface area (Å²) in [5.41, 5.74) is 9.68. The van der Waals surface area contributed by atoms with E-state index in [9.17, 15) is 4.79 Å². The van der Waals surface area contributed by atoms with Crippen LogP contribution >= 0.6 is 0 Å². The monoisotopic (exact) mass is 236 g/mol. The maximum atomic E-state index is 11.1. The molecular formula is C13H20N2O2. The van der Waals surface area contributed by atoms with Crippen molar-refractivity contribution in [1.29, 1.82) is 0 Å². The molecule has 0 saturated heterocycles. The van der Waals surface area contributed by atoms with Gasteiger partial charge in [-0.05, 0) is 43.0 Å². The van der Waals surface area contributed by atoms with Crippen molar-refractivity contribution < 1.29 is 9.53 Å². The van der Waals surface area contributed by atoms with E-state index >= 15 is 0 Å². The predicted molar refractivity (Wildman–Crippen MR) is 68.1 cm³/mol. The van der Waals surface area contributed by atoms with Gasteiger partial charge in [0, 0.05) is 6.54 Å². The number of amides is 1. The lowest BCUT2D eigenvalue weighted by Gasteiger charge is -2.16. The summed E-state index contributed by atoms with van der Waals surface area (Å²) in [5, 5.41) is 2.78. The van der Waals surface area contributed by atoms with Crippen LogP contribution in [-0.2, 0) is 11.3 Å². The number of ether oxygens (including phenoxy) is 1. The van der Waals surface area contributed by atoms with Crippen molar-refractivity contribution in [2.75, 3.05) is 13.7 Å². The molecule has 0 heterocycles. The van der Waals surface area contributed by atoms with Crippen molar-refractivity contribution in [2.24, 2.45) is 5.73 Å². The molecule has 4 heteroatoms. The Bertz CT molecular complexity index is 428. The van der Waals surface area contributed by atoms with E-state index in [1.165, 1.54) is 0 Å². The maximum Gasteiger partial charge on any atom is 0.234 e. The first-order valence-electron chi connectivity index (χ1n) is 5.61. The van der Waals surface area contributed by atoms with Crippen LogP contribution in [0.5, 0.6) is 5.75 Å². The molecule has 0 aliphatic heterocycles. The lowest BCUT2D eigenvalue weighted by atomic mass is 9.98. The molecule has 17 heavy (non-hydrogen) atoms. The normalized spacial score (nSPS) is 10.2. The Morgan fingerprint density at radius 3 is 2.53 bits per heavy atom. The minimum atomic E-state index is -0.143. The Labute approximate surface area is 102 Å². The van der Waals surface area contributed by atoms with Crippen LogP contribution in [0.15, 0.2) is 6.07 Å². The van der Waals surface area contributed by atoms with E-state index < -0.39 is 0 Å². The average Bonchev–Trinajstić information content (AvgIpc) is 2.32. The number of hydrogen-bond donors (Lipinski definition) is 2. The second-order valence-corrected chi connectivity index (χ2v) is 4.12. The van der Waals surface area contributed by atoms with Gasteiger partial charge in [-0.2, -0.15) is 0 Å². The molecule has 1 rings (SSSR count). The van der Waals surface area contributed by atoms with Crippen molar-refractivity contribution in [3.63, 3.8) is 0 Å². The summed E-state index contributed by atoms with van der Waals surface area (Å²) in [7, 11) is 1.67. The molecule has 1 aromatic carbocycles. The Hall–Kier alpha value is -1.55. The smallest absolute Gasteiger partial charge is 0.234 e. The van der Waals surface area contributed by atoms with Gasteiger partial charge >= 0.3 is 0 Å². The Morgan fingerprint density at radius 2 is 2.00 bits per heavy atom. The van der Waals surface area contributed by atoms with Crippen LogP contribution < -0.4 is 15.8 Å². The van der Waals surface area contributed by atoms with Gasteiger partial charge in [0.1, 0.15) is 5.75 Å². The predicted octanol–water partition coefficient (Wildman–Crippen LogP) is 1.20. The number of methoxy groups -OCH3 is 1. The average molecular weight is 236 g/mol. The van der Waals surface area contributed by atoms with Crippen molar-refractivity contribution >= 4 is 5.91 Å². The molecule has 0 aliphatic rings. The van der Waals surface area contributed by atoms with E-state index in [1.807, 2.05) is 26.8 Å². The molecule has 3 N–H and O–H groups in total. The van der Waals surface area contributed by atoms with Crippen LogP contribution in [-0.4, -0.2) is 19.6 Å². The van der Waals surface area contributed by atoms with E-state index in [0.717, 1.165) is 28.0 Å². The van der Waals surface area contributed by atoms with Crippen LogP contribution in [0.4, 0.5) is 0 Å². The van der Waals surface area contributed by atoms with Gasteiger partial charge in [-0.1, -0.05) is 6.07 Å². The zero-order valence-corrected chi connectivity index (χ0v) is 10.9. The third-order valence-electron chi connectivity index (χ3n) is 3.00. The molecule has 0 spiro atoms. The van der Waals surface area contributed by atoms with Gasteiger partial charge in [0.15, 0.2) is 0 Å². The number of nitrogens with two attached hydrogens (primary N) is 1. The van der Waals surface area contributed by atoms with Crippen LogP contribution in [0.1, 0.15) is 22.3 Å². The molecule has 0 saturated carbocycles. The minimum absolute atomic E-state index is 0.0210. The van der Waals surface area contributed by atoms with Crippen LogP contribution in [0.25, 0.3) is 0 Å². The molecule has 0 aliphatic carbocycles. The fourth-order valence-corrected chi connectivity index (χ4v) is 1.91. The standard InChI is InChI=1S/C13H20N2O2/c1-8-5-11(7-15-12(16)6-14)9(2)10(3)13(8)17-4/h5H,6-7,14H2,1-4H3,(H,15,16). The van der Waals surface area contributed by atoms with Crippen LogP contribution in [0, 0.1) is 20.8 Å². The summed E-state index contributed by atoms with van der Waals surface area (Å²) in [6.07, 6.45) is 0. The van der Waals surface area contributed by atoms with Crippen molar-refractivity contribution in [3.8, 4) is 5.75 Å². The van der Waals surface area contributed by atoms with Crippen molar-refractivity contribution in [1.82, 2.24) is 5.32 Å². The van der Waals surface area contributed by atoms with E-state index in [0.29, 0.717) is 6.54 Å². The first-order chi connectivity index (χ1) is 8.01. The second kappa shape index (κ2) is 5.68. The Kier molecular flexibility index (Phi) is 4.52. The quantitative estimate of drug-likeness (QED) is 0.825. The highest BCUT2D eigenvalue weighted by Gasteiger charge is 2.10. The summed E-state index contributed by atoms with van der Waals surface area (Å²) in [4.78, 5) is 11.1. The maximum absolute atomic E-state index is 11.1. The number of nitrogens with one attached hydrogen (secondary N) is 1. The van der Waals surface area contributed by atoms with Crippen molar-refractivity contribution in [3.05, 3.63) is 28.3 Å². The Morgan fingerprint density at radius 1 is 1.35 bits per heavy atom. The highest BCUT2D eigenvalue weighted by Crippen LogP contribution is 2.28. The third kappa shape index (κ3) is 2.97. The van der Waals surface area contributed by atoms with E-state index in [-0.39, 0.29) is 12.5 Å². The molecule has 94 valence electrons. The SMILES string of the molecule is COc1c(C)cc(CNC(=O)CN)c(C)c1C. The van der Waals surface area contributed by atoms with Gasteiger partial charge in [-0.25, -0.2) is 0 Å². The molecular weight excluding hydrogens is 216 g/mol. The molecule has 1 aromatic rings. The number of aryl methyl sites for hydroxylation is 1. The molecule has 0 bridgehead atoms. The second-order valence-electron chi connectivity index (χ2n) is 4.12. The highest BCUT2D eigenvalue weighted by atomic mass is 16.5. The first-order valence-corrected chi connectivity index (χ1v) is 5.61. The Balaban J connectivity index is 2.98. The largest absolute Gasteiger partial charge is 0.496 e. The molecule has 0 radical (unpaired) electrons. The molecule has 4 nitrogen and oxygen atoms in total. The van der Waals surface area contributed by atoms with Gasteiger partial charge in [0.2, 0.25) is 5.91 Å². The molecule has 1 amide bonds. The zero-order chi connectivity index (χ0) is 13.0. The van der Waals surface area contributed by atoms with Gasteiger partial charge in [-0.15, -0.1) is 0 Å². The number of hydrogen-bond acceptors (Lipinski definition) is 3. The fraction of sp³-hybridized carbons (Fsp3) is 0.462. The fourth-order valence-electron chi connectivity index (χ4n) is 1.91. The van der Waals surface area contributed by atoms with E-state index in [1.54, 1.807) is 7.11 Å². The van der Waals surface area contributed by atoms with Crippen molar-refractivity contribution in [2.45, 2.75) is 27.3 Å². The summed E-state index contributed by atoms with van der Waals surface area (Å²) >= 11 is 0. The topological polar surface area (TPSA) is 64.3 Å². The molecule has 0 aromatic heterocycles. The number of carbonyl (C=O) groups excluding carboxylic acids is 1. The number of carbonyl (C=O) groups is 1. The molecule has 0 unspecified atom stereocenters. The van der Waals surface area contributed by atoms with Gasteiger partial charge in [-0.3, -0.25) is 4.79 Å². The van der Waals surface area contributed by atoms with Gasteiger partial charge in [0.25, 0.3) is 0 Å². The van der Waals surface area contributed by atoms with Crippen LogP contribution in [0.3, 0.4) is 0 Å². The summed E-state index contributed by atoms with van der Waals surface area (Å²) in [6, 6.07) is 2.04. The van der Waals surface area contributed by atoms with E-state index in [4.69, 9.17) is 10.5 Å². The van der Waals surface area contributed by atoms with E-state index in [2.05, 4.69) is 5.32 Å². The van der Waals surface area contributed by atoms with Gasteiger partial charge < -0.3 is 15.8 Å². The lowest BCUT2D eigenvalue weighted by molar-refractivity contribution is -0.119. The molecule has 0 fully saturated rings. The first kappa shape index (κ1) is 13.5. The molecule has 0 atom stereocenters. The summed E-state index contributed by atoms with van der Waals surface area (Å²) in [5.74, 6) is 0.770. The lowest BCUT2D eigenvalue weighted by Crippen LogP contribution is -2.30. The van der Waals surface area contributed by atoms with Crippen LogP contribution in [0.2, 0.25) is 0 Å². The highest BCUT2D eigenvalue weighted by molar-refractivity contribution is 5.77. The number of rotatable bonds is 4. The minimum Gasteiger partial charge on any atom is -0.496 e. The zero-order valence-electron chi connectivity index (χ0n) is 10.9. The third-order valence-corrected chi connectivity index (χ3v) is 3.00.